The molecule has 5 nitrogen and oxygen atoms in total. The summed E-state index contributed by atoms with van der Waals surface area (Å²) in [5, 5.41) is 1.80. The van der Waals surface area contributed by atoms with Gasteiger partial charge in [0, 0.05) is 34.9 Å². The Kier molecular flexibility index (Phi) is 4.72. The molecule has 1 saturated heterocycles. The molecule has 2 aliphatic heterocycles. The molecule has 0 radical (unpaired) electrons. The summed E-state index contributed by atoms with van der Waals surface area (Å²) in [5.74, 6) is 0.914. The lowest BCUT2D eigenvalue weighted by molar-refractivity contribution is 0.122. The Balaban J connectivity index is 1.67. The van der Waals surface area contributed by atoms with E-state index >= 15 is 0 Å². The smallest absolute Gasteiger partial charge is 0.143 e. The molecular formula is C23H24ClN3O2. The highest BCUT2D eigenvalue weighted by molar-refractivity contribution is 6.31. The maximum Gasteiger partial charge on any atom is 0.143 e. The van der Waals surface area contributed by atoms with Crippen molar-refractivity contribution in [3.63, 3.8) is 0 Å². The quantitative estimate of drug-likeness (QED) is 0.603. The number of hydrogen-bond donors (Lipinski definition) is 0. The minimum atomic E-state index is 0.646. The van der Waals surface area contributed by atoms with Gasteiger partial charge in [-0.15, -0.1) is 0 Å². The van der Waals surface area contributed by atoms with E-state index < -0.39 is 0 Å². The van der Waals surface area contributed by atoms with E-state index in [2.05, 4.69) is 41.8 Å². The van der Waals surface area contributed by atoms with Crippen molar-refractivity contribution in [1.82, 2.24) is 4.98 Å². The number of aryl methyl sites for hydroxylation is 1. The van der Waals surface area contributed by atoms with Crippen LogP contribution in [0.25, 0.3) is 10.9 Å². The van der Waals surface area contributed by atoms with E-state index in [0.717, 1.165) is 65.9 Å². The van der Waals surface area contributed by atoms with Crippen LogP contribution in [0, 0.1) is 13.8 Å². The summed E-state index contributed by atoms with van der Waals surface area (Å²) < 4.78 is 11.5. The minimum Gasteiger partial charge on any atom is -0.490 e. The number of anilines is 3. The van der Waals surface area contributed by atoms with Crippen LogP contribution < -0.4 is 14.5 Å². The third kappa shape index (κ3) is 3.28. The largest absolute Gasteiger partial charge is 0.490 e. The van der Waals surface area contributed by atoms with Gasteiger partial charge in [-0.2, -0.15) is 0 Å². The number of nitrogens with zero attached hydrogens (tertiary/aromatic N) is 3. The predicted molar refractivity (Wildman–Crippen MR) is 118 cm³/mol. The minimum absolute atomic E-state index is 0.646. The first-order valence-corrected chi connectivity index (χ1v) is 10.4. The molecule has 29 heavy (non-hydrogen) atoms. The molecule has 3 aromatic rings. The van der Waals surface area contributed by atoms with Crippen molar-refractivity contribution in [2.45, 2.75) is 13.8 Å². The van der Waals surface area contributed by atoms with Crippen LogP contribution in [0.3, 0.4) is 0 Å². The average molecular weight is 410 g/mol. The molecule has 0 aliphatic carbocycles. The Bertz CT molecular complexity index is 1080. The van der Waals surface area contributed by atoms with E-state index in [1.807, 2.05) is 18.2 Å². The molecule has 6 heteroatoms. The average Bonchev–Trinajstić information content (AvgIpc) is 2.75. The summed E-state index contributed by atoms with van der Waals surface area (Å²) in [6.45, 7) is 8.99. The van der Waals surface area contributed by atoms with E-state index in [9.17, 15) is 0 Å². The van der Waals surface area contributed by atoms with Crippen LogP contribution in [0.1, 0.15) is 11.3 Å². The fourth-order valence-corrected chi connectivity index (χ4v) is 4.41. The molecule has 0 amide bonds. The number of fused-ring (bicyclic) bond motifs is 2. The highest BCUT2D eigenvalue weighted by Gasteiger charge is 2.25. The Morgan fingerprint density at radius 2 is 1.79 bits per heavy atom. The molecule has 0 atom stereocenters. The topological polar surface area (TPSA) is 37.8 Å². The molecule has 1 fully saturated rings. The predicted octanol–water partition coefficient (Wildman–Crippen LogP) is 4.87. The number of halogens is 1. The van der Waals surface area contributed by atoms with Crippen molar-refractivity contribution in [2.24, 2.45) is 0 Å². The van der Waals surface area contributed by atoms with Crippen molar-refractivity contribution in [1.29, 1.82) is 0 Å². The summed E-state index contributed by atoms with van der Waals surface area (Å²) in [4.78, 5) is 9.52. The first kappa shape index (κ1) is 18.5. The van der Waals surface area contributed by atoms with E-state index in [4.69, 9.17) is 26.1 Å². The molecule has 0 unspecified atom stereocenters. The molecular weight excluding hydrogens is 386 g/mol. The zero-order valence-electron chi connectivity index (χ0n) is 16.7. The van der Waals surface area contributed by atoms with Gasteiger partial charge in [0.2, 0.25) is 0 Å². The number of rotatable bonds is 2. The van der Waals surface area contributed by atoms with E-state index in [1.54, 1.807) is 0 Å². The lowest BCUT2D eigenvalue weighted by atomic mass is 10.0. The van der Waals surface area contributed by atoms with Crippen LogP contribution in [0.5, 0.6) is 5.75 Å². The number of benzene rings is 2. The molecule has 0 bridgehead atoms. The van der Waals surface area contributed by atoms with Gasteiger partial charge in [0.25, 0.3) is 0 Å². The van der Waals surface area contributed by atoms with Gasteiger partial charge in [0.1, 0.15) is 12.4 Å². The van der Waals surface area contributed by atoms with Gasteiger partial charge in [-0.25, -0.2) is 0 Å². The lowest BCUT2D eigenvalue weighted by Gasteiger charge is -2.35. The highest BCUT2D eigenvalue weighted by atomic mass is 35.5. The van der Waals surface area contributed by atoms with Crippen LogP contribution >= 0.6 is 11.6 Å². The van der Waals surface area contributed by atoms with Crippen LogP contribution in [0.2, 0.25) is 5.02 Å². The molecule has 3 heterocycles. The SMILES string of the molecule is Cc1nc2ccc(Cl)cc2c(N2CCOc3ccc(N4CCOCC4)cc32)c1C. The second-order valence-corrected chi connectivity index (χ2v) is 8.02. The van der Waals surface area contributed by atoms with Crippen molar-refractivity contribution in [3.8, 4) is 5.75 Å². The van der Waals surface area contributed by atoms with Gasteiger partial charge in [0.05, 0.1) is 36.6 Å². The van der Waals surface area contributed by atoms with Gasteiger partial charge in [-0.3, -0.25) is 4.98 Å². The highest BCUT2D eigenvalue weighted by Crippen LogP contribution is 2.43. The molecule has 0 saturated carbocycles. The molecule has 2 aliphatic rings. The van der Waals surface area contributed by atoms with Crippen molar-refractivity contribution in [3.05, 3.63) is 52.7 Å². The normalized spacial score (nSPS) is 16.7. The van der Waals surface area contributed by atoms with Crippen molar-refractivity contribution in [2.75, 3.05) is 49.3 Å². The van der Waals surface area contributed by atoms with Crippen LogP contribution in [-0.2, 0) is 4.74 Å². The maximum atomic E-state index is 6.36. The molecule has 150 valence electrons. The molecule has 1 aromatic heterocycles. The van der Waals surface area contributed by atoms with Gasteiger partial charge in [-0.05, 0) is 55.8 Å². The molecule has 2 aromatic carbocycles. The van der Waals surface area contributed by atoms with Gasteiger partial charge in [-0.1, -0.05) is 11.6 Å². The fraction of sp³-hybridized carbons (Fsp3) is 0.348. The van der Waals surface area contributed by atoms with Crippen molar-refractivity contribution >= 4 is 39.6 Å². The number of morpholine rings is 1. The third-order valence-corrected chi connectivity index (χ3v) is 6.09. The standard InChI is InChI=1S/C23H24ClN3O2/c1-15-16(2)25-20-5-3-17(24)13-19(20)23(15)27-9-12-29-22-6-4-18(14-21(22)27)26-7-10-28-11-8-26/h3-6,13-14H,7-12H2,1-2H3. The summed E-state index contributed by atoms with van der Waals surface area (Å²) in [7, 11) is 0. The van der Waals surface area contributed by atoms with Gasteiger partial charge < -0.3 is 19.3 Å². The Morgan fingerprint density at radius 3 is 2.62 bits per heavy atom. The van der Waals surface area contributed by atoms with Gasteiger partial charge in [0.15, 0.2) is 0 Å². The van der Waals surface area contributed by atoms with Gasteiger partial charge >= 0.3 is 0 Å². The summed E-state index contributed by atoms with van der Waals surface area (Å²) in [5.41, 5.74) is 6.63. The van der Waals surface area contributed by atoms with Crippen molar-refractivity contribution < 1.29 is 9.47 Å². The summed E-state index contributed by atoms with van der Waals surface area (Å²) >= 11 is 6.36. The number of aromatic nitrogens is 1. The summed E-state index contributed by atoms with van der Waals surface area (Å²) in [6.07, 6.45) is 0. The second kappa shape index (κ2) is 7.39. The van der Waals surface area contributed by atoms with E-state index in [1.165, 1.54) is 16.9 Å². The Labute approximate surface area is 175 Å². The summed E-state index contributed by atoms with van der Waals surface area (Å²) in [6, 6.07) is 12.4. The monoisotopic (exact) mass is 409 g/mol. The zero-order chi connectivity index (χ0) is 20.0. The number of hydrogen-bond acceptors (Lipinski definition) is 5. The Hall–Kier alpha value is -2.50. The lowest BCUT2D eigenvalue weighted by Crippen LogP contribution is -2.36. The third-order valence-electron chi connectivity index (χ3n) is 5.85. The van der Waals surface area contributed by atoms with E-state index in [0.29, 0.717) is 6.61 Å². The van der Waals surface area contributed by atoms with Crippen LogP contribution in [0.4, 0.5) is 17.1 Å². The number of pyridine rings is 1. The fourth-order valence-electron chi connectivity index (χ4n) is 4.24. The Morgan fingerprint density at radius 1 is 0.966 bits per heavy atom. The molecule has 0 spiro atoms. The van der Waals surface area contributed by atoms with E-state index in [-0.39, 0.29) is 0 Å². The number of ether oxygens (including phenoxy) is 2. The van der Waals surface area contributed by atoms with Crippen LogP contribution in [-0.4, -0.2) is 44.4 Å². The maximum absolute atomic E-state index is 6.36. The van der Waals surface area contributed by atoms with Crippen LogP contribution in [0.15, 0.2) is 36.4 Å². The first-order chi connectivity index (χ1) is 14.1. The molecule has 0 N–H and O–H groups in total. The zero-order valence-corrected chi connectivity index (χ0v) is 17.5. The first-order valence-electron chi connectivity index (χ1n) is 10.1. The second-order valence-electron chi connectivity index (χ2n) is 7.58. The molecule has 5 rings (SSSR count).